The first-order valence-electron chi connectivity index (χ1n) is 4.08. The van der Waals surface area contributed by atoms with Crippen LogP contribution >= 0.6 is 0 Å². The van der Waals surface area contributed by atoms with E-state index >= 15 is 0 Å². The molecule has 0 aliphatic rings. The quantitative estimate of drug-likeness (QED) is 0.577. The van der Waals surface area contributed by atoms with Gasteiger partial charge >= 0.3 is 6.03 Å². The Bertz CT molecular complexity index is 140. The Morgan fingerprint density at radius 1 is 1.33 bits per heavy atom. The van der Waals surface area contributed by atoms with Gasteiger partial charge in [-0.2, -0.15) is 0 Å². The fourth-order valence-electron chi connectivity index (χ4n) is 0.577. The molecule has 2 amide bonds. The van der Waals surface area contributed by atoms with Crippen molar-refractivity contribution in [2.45, 2.75) is 20.8 Å². The van der Waals surface area contributed by atoms with E-state index in [1.807, 2.05) is 20.8 Å². The molecular formula is C8H18N2O2. The highest BCUT2D eigenvalue weighted by Gasteiger charge is 2.10. The number of amides is 2. The zero-order valence-electron chi connectivity index (χ0n) is 7.98. The van der Waals surface area contributed by atoms with Crippen LogP contribution in [0.3, 0.4) is 0 Å². The summed E-state index contributed by atoms with van der Waals surface area (Å²) in [5.74, 6) is 0. The van der Waals surface area contributed by atoms with E-state index in [-0.39, 0.29) is 18.1 Å². The molecule has 0 aliphatic carbocycles. The summed E-state index contributed by atoms with van der Waals surface area (Å²) in [6.07, 6.45) is 0. The Balaban J connectivity index is 3.44. The van der Waals surface area contributed by atoms with Crippen LogP contribution in [0.1, 0.15) is 20.8 Å². The highest BCUT2D eigenvalue weighted by Crippen LogP contribution is 2.09. The Labute approximate surface area is 73.3 Å². The second-order valence-electron chi connectivity index (χ2n) is 3.89. The SMILES string of the molecule is CC(C)(C)CNC(=O)NCCO. The summed E-state index contributed by atoms with van der Waals surface area (Å²) in [5.41, 5.74) is 0.0938. The van der Waals surface area contributed by atoms with E-state index in [4.69, 9.17) is 5.11 Å². The molecule has 0 saturated heterocycles. The molecule has 4 heteroatoms. The number of aliphatic hydroxyl groups is 1. The van der Waals surface area contributed by atoms with Crippen LogP contribution in [0.4, 0.5) is 4.79 Å². The minimum atomic E-state index is -0.223. The first-order chi connectivity index (χ1) is 5.45. The third-order valence-electron chi connectivity index (χ3n) is 1.18. The average Bonchev–Trinajstić information content (AvgIpc) is 1.95. The molecule has 0 fully saturated rings. The summed E-state index contributed by atoms with van der Waals surface area (Å²) in [5, 5.41) is 13.6. The molecule has 0 aromatic heterocycles. The zero-order valence-corrected chi connectivity index (χ0v) is 7.98. The monoisotopic (exact) mass is 174 g/mol. The van der Waals surface area contributed by atoms with Crippen LogP contribution in [0.5, 0.6) is 0 Å². The molecule has 72 valence electrons. The van der Waals surface area contributed by atoms with Gasteiger partial charge in [-0.1, -0.05) is 20.8 Å². The van der Waals surface area contributed by atoms with Crippen molar-refractivity contribution in [2.24, 2.45) is 5.41 Å². The summed E-state index contributed by atoms with van der Waals surface area (Å²) in [6, 6.07) is -0.223. The summed E-state index contributed by atoms with van der Waals surface area (Å²) in [4.78, 5) is 10.9. The van der Waals surface area contributed by atoms with Crippen molar-refractivity contribution in [3.05, 3.63) is 0 Å². The van der Waals surface area contributed by atoms with Gasteiger partial charge in [0.2, 0.25) is 0 Å². The minimum absolute atomic E-state index is 0.0249. The number of urea groups is 1. The normalized spacial score (nSPS) is 11.0. The van der Waals surface area contributed by atoms with Gasteiger partial charge in [-0.25, -0.2) is 4.79 Å². The smallest absolute Gasteiger partial charge is 0.314 e. The fourth-order valence-corrected chi connectivity index (χ4v) is 0.577. The summed E-state index contributed by atoms with van der Waals surface area (Å²) < 4.78 is 0. The van der Waals surface area contributed by atoms with Crippen molar-refractivity contribution in [2.75, 3.05) is 19.7 Å². The first-order valence-corrected chi connectivity index (χ1v) is 4.08. The van der Waals surface area contributed by atoms with E-state index < -0.39 is 0 Å². The molecule has 0 spiro atoms. The largest absolute Gasteiger partial charge is 0.395 e. The Morgan fingerprint density at radius 3 is 2.33 bits per heavy atom. The van der Waals surface area contributed by atoms with Gasteiger partial charge in [0.1, 0.15) is 0 Å². The number of hydrogen-bond acceptors (Lipinski definition) is 2. The Kier molecular flexibility index (Phi) is 4.66. The van der Waals surface area contributed by atoms with Crippen LogP contribution in [0.2, 0.25) is 0 Å². The fraction of sp³-hybridized carbons (Fsp3) is 0.875. The third-order valence-corrected chi connectivity index (χ3v) is 1.18. The highest BCUT2D eigenvalue weighted by atomic mass is 16.3. The van der Waals surface area contributed by atoms with Gasteiger partial charge in [0, 0.05) is 13.1 Å². The minimum Gasteiger partial charge on any atom is -0.395 e. The second kappa shape index (κ2) is 4.98. The van der Waals surface area contributed by atoms with Crippen molar-refractivity contribution in [3.63, 3.8) is 0 Å². The lowest BCUT2D eigenvalue weighted by atomic mass is 9.97. The predicted molar refractivity (Wildman–Crippen MR) is 47.9 cm³/mol. The molecular weight excluding hydrogens is 156 g/mol. The van der Waals surface area contributed by atoms with E-state index in [0.29, 0.717) is 13.1 Å². The molecule has 0 atom stereocenters. The Hall–Kier alpha value is -0.770. The third kappa shape index (κ3) is 7.34. The standard InChI is InChI=1S/C8H18N2O2/c1-8(2,3)6-10-7(12)9-4-5-11/h11H,4-6H2,1-3H3,(H2,9,10,12). The predicted octanol–water partition coefficient (Wildman–Crippen LogP) is 0.324. The average molecular weight is 174 g/mol. The van der Waals surface area contributed by atoms with Gasteiger partial charge in [-0.3, -0.25) is 0 Å². The van der Waals surface area contributed by atoms with Crippen LogP contribution in [0, 0.1) is 5.41 Å². The van der Waals surface area contributed by atoms with Crippen molar-refractivity contribution < 1.29 is 9.90 Å². The summed E-state index contributed by atoms with van der Waals surface area (Å²) in [7, 11) is 0. The molecule has 0 unspecified atom stereocenters. The van der Waals surface area contributed by atoms with Crippen molar-refractivity contribution in [3.8, 4) is 0 Å². The maximum atomic E-state index is 10.9. The molecule has 12 heavy (non-hydrogen) atoms. The van der Waals surface area contributed by atoms with Crippen molar-refractivity contribution in [1.29, 1.82) is 0 Å². The van der Waals surface area contributed by atoms with Gasteiger partial charge in [0.25, 0.3) is 0 Å². The van der Waals surface area contributed by atoms with Crippen LogP contribution in [0.25, 0.3) is 0 Å². The maximum absolute atomic E-state index is 10.9. The number of nitrogens with one attached hydrogen (secondary N) is 2. The molecule has 0 aromatic rings. The van der Waals surface area contributed by atoms with Crippen molar-refractivity contribution >= 4 is 6.03 Å². The molecule has 0 aliphatic heterocycles. The van der Waals surface area contributed by atoms with Gasteiger partial charge in [0.05, 0.1) is 6.61 Å². The van der Waals surface area contributed by atoms with E-state index in [1.54, 1.807) is 0 Å². The first kappa shape index (κ1) is 11.2. The highest BCUT2D eigenvalue weighted by molar-refractivity contribution is 5.73. The van der Waals surface area contributed by atoms with Gasteiger partial charge in [-0.15, -0.1) is 0 Å². The molecule has 0 bridgehead atoms. The lowest BCUT2D eigenvalue weighted by Crippen LogP contribution is -2.40. The molecule has 0 aromatic carbocycles. The van der Waals surface area contributed by atoms with Gasteiger partial charge in [-0.05, 0) is 5.41 Å². The van der Waals surface area contributed by atoms with E-state index in [0.717, 1.165) is 0 Å². The molecule has 0 radical (unpaired) electrons. The van der Waals surface area contributed by atoms with E-state index in [9.17, 15) is 4.79 Å². The summed E-state index contributed by atoms with van der Waals surface area (Å²) in [6.45, 7) is 7.03. The van der Waals surface area contributed by atoms with Crippen LogP contribution in [0.15, 0.2) is 0 Å². The Morgan fingerprint density at radius 2 is 1.92 bits per heavy atom. The molecule has 0 rings (SSSR count). The van der Waals surface area contributed by atoms with E-state index in [2.05, 4.69) is 10.6 Å². The van der Waals surface area contributed by atoms with Gasteiger partial charge in [0.15, 0.2) is 0 Å². The number of aliphatic hydroxyl groups excluding tert-OH is 1. The molecule has 3 N–H and O–H groups in total. The maximum Gasteiger partial charge on any atom is 0.314 e. The molecule has 0 heterocycles. The van der Waals surface area contributed by atoms with Crippen LogP contribution in [-0.2, 0) is 0 Å². The number of hydrogen-bond donors (Lipinski definition) is 3. The lowest BCUT2D eigenvalue weighted by molar-refractivity contribution is 0.229. The second-order valence-corrected chi connectivity index (χ2v) is 3.89. The van der Waals surface area contributed by atoms with Gasteiger partial charge < -0.3 is 15.7 Å². The number of carbonyl (C=O) groups excluding carboxylic acids is 1. The van der Waals surface area contributed by atoms with Crippen molar-refractivity contribution in [1.82, 2.24) is 10.6 Å². The summed E-state index contributed by atoms with van der Waals surface area (Å²) >= 11 is 0. The molecule has 0 saturated carbocycles. The topological polar surface area (TPSA) is 61.4 Å². The zero-order chi connectivity index (χ0) is 9.61. The van der Waals surface area contributed by atoms with Crippen LogP contribution < -0.4 is 10.6 Å². The molecule has 4 nitrogen and oxygen atoms in total. The number of rotatable bonds is 3. The van der Waals surface area contributed by atoms with Crippen LogP contribution in [-0.4, -0.2) is 30.8 Å². The lowest BCUT2D eigenvalue weighted by Gasteiger charge is -2.18. The van der Waals surface area contributed by atoms with E-state index in [1.165, 1.54) is 0 Å². The number of carbonyl (C=O) groups is 1.